The molecule has 0 aromatic heterocycles. The van der Waals surface area contributed by atoms with Crippen LogP contribution in [0, 0.1) is 0 Å². The van der Waals surface area contributed by atoms with E-state index in [1.807, 2.05) is 24.3 Å². The molecule has 0 aliphatic carbocycles. The molecule has 2 aromatic carbocycles. The van der Waals surface area contributed by atoms with Crippen molar-refractivity contribution in [1.82, 2.24) is 10.6 Å². The van der Waals surface area contributed by atoms with Crippen molar-refractivity contribution in [2.45, 2.75) is 25.7 Å². The van der Waals surface area contributed by atoms with E-state index >= 15 is 0 Å². The SMILES string of the molecule is COCc1ccccc1CNC(=O)NCCc1ccc(C(F)(F)F)cc1. The maximum absolute atomic E-state index is 12.5. The zero-order valence-electron chi connectivity index (χ0n) is 14.4. The van der Waals surface area contributed by atoms with E-state index < -0.39 is 11.7 Å². The maximum Gasteiger partial charge on any atom is 0.416 e. The molecule has 0 aliphatic rings. The molecule has 2 aromatic rings. The van der Waals surface area contributed by atoms with Gasteiger partial charge in [0.15, 0.2) is 0 Å². The summed E-state index contributed by atoms with van der Waals surface area (Å²) in [5.41, 5.74) is 2.01. The summed E-state index contributed by atoms with van der Waals surface area (Å²) in [6.07, 6.45) is -3.89. The van der Waals surface area contributed by atoms with Crippen molar-refractivity contribution in [1.29, 1.82) is 0 Å². The molecule has 0 radical (unpaired) electrons. The molecule has 0 saturated heterocycles. The fourth-order valence-electron chi connectivity index (χ4n) is 2.45. The van der Waals surface area contributed by atoms with Gasteiger partial charge in [0, 0.05) is 20.2 Å². The van der Waals surface area contributed by atoms with Crippen LogP contribution in [0.2, 0.25) is 0 Å². The molecule has 140 valence electrons. The number of benzene rings is 2. The van der Waals surface area contributed by atoms with E-state index in [1.54, 1.807) is 7.11 Å². The number of methoxy groups -OCH3 is 1. The molecule has 26 heavy (non-hydrogen) atoms. The van der Waals surface area contributed by atoms with Crippen molar-refractivity contribution in [2.24, 2.45) is 0 Å². The molecule has 2 rings (SSSR count). The Kier molecular flexibility index (Phi) is 7.03. The third-order valence-electron chi connectivity index (χ3n) is 3.84. The summed E-state index contributed by atoms with van der Waals surface area (Å²) in [5, 5.41) is 5.45. The number of amides is 2. The molecule has 0 spiro atoms. The number of ether oxygens (including phenoxy) is 1. The molecule has 2 amide bonds. The third kappa shape index (κ3) is 6.07. The minimum absolute atomic E-state index is 0.330. The molecule has 0 aliphatic heterocycles. The molecule has 0 fully saturated rings. The standard InChI is InChI=1S/C19H21F3N2O2/c1-26-13-16-5-3-2-4-15(16)12-24-18(25)23-11-10-14-6-8-17(9-7-14)19(20,21)22/h2-9H,10-13H2,1H3,(H2,23,24,25). The Hall–Kier alpha value is -2.54. The third-order valence-corrected chi connectivity index (χ3v) is 3.84. The van der Waals surface area contributed by atoms with Crippen LogP contribution in [0.1, 0.15) is 22.3 Å². The van der Waals surface area contributed by atoms with Gasteiger partial charge >= 0.3 is 12.2 Å². The molecule has 7 heteroatoms. The lowest BCUT2D eigenvalue weighted by atomic mass is 10.1. The lowest BCUT2D eigenvalue weighted by Gasteiger charge is -2.11. The second kappa shape index (κ2) is 9.24. The van der Waals surface area contributed by atoms with Gasteiger partial charge in [-0.2, -0.15) is 13.2 Å². The second-order valence-corrected chi connectivity index (χ2v) is 5.76. The Morgan fingerprint density at radius 3 is 2.27 bits per heavy atom. The van der Waals surface area contributed by atoms with E-state index in [0.29, 0.717) is 26.1 Å². The number of urea groups is 1. The molecule has 0 bridgehead atoms. The van der Waals surface area contributed by atoms with Gasteiger partial charge < -0.3 is 15.4 Å². The van der Waals surface area contributed by atoms with Gasteiger partial charge in [0.25, 0.3) is 0 Å². The van der Waals surface area contributed by atoms with Crippen molar-refractivity contribution >= 4 is 6.03 Å². The van der Waals surface area contributed by atoms with Gasteiger partial charge in [0.1, 0.15) is 0 Å². The fourth-order valence-corrected chi connectivity index (χ4v) is 2.45. The molecular formula is C19H21F3N2O2. The first kappa shape index (κ1) is 19.8. The number of hydrogen-bond donors (Lipinski definition) is 2. The predicted molar refractivity (Wildman–Crippen MR) is 92.5 cm³/mol. The van der Waals surface area contributed by atoms with Gasteiger partial charge in [-0.15, -0.1) is 0 Å². The second-order valence-electron chi connectivity index (χ2n) is 5.76. The number of nitrogens with one attached hydrogen (secondary N) is 2. The minimum Gasteiger partial charge on any atom is -0.380 e. The van der Waals surface area contributed by atoms with Gasteiger partial charge in [0.2, 0.25) is 0 Å². The van der Waals surface area contributed by atoms with Crippen LogP contribution in [0.5, 0.6) is 0 Å². The Morgan fingerprint density at radius 2 is 1.65 bits per heavy atom. The van der Waals surface area contributed by atoms with Crippen molar-refractivity contribution < 1.29 is 22.7 Å². The van der Waals surface area contributed by atoms with Gasteiger partial charge in [-0.05, 0) is 35.2 Å². The number of carbonyl (C=O) groups excluding carboxylic acids is 1. The predicted octanol–water partition coefficient (Wildman–Crippen LogP) is 3.89. The average Bonchev–Trinajstić information content (AvgIpc) is 2.61. The van der Waals surface area contributed by atoms with E-state index in [9.17, 15) is 18.0 Å². The Labute approximate surface area is 150 Å². The first-order valence-electron chi connectivity index (χ1n) is 8.13. The Bertz CT molecular complexity index is 715. The quantitative estimate of drug-likeness (QED) is 0.781. The van der Waals surface area contributed by atoms with E-state index in [0.717, 1.165) is 28.8 Å². The number of alkyl halides is 3. The molecule has 0 unspecified atom stereocenters. The minimum atomic E-state index is -4.34. The van der Waals surface area contributed by atoms with Crippen LogP contribution in [0.25, 0.3) is 0 Å². The van der Waals surface area contributed by atoms with Crippen LogP contribution in [0.3, 0.4) is 0 Å². The maximum atomic E-state index is 12.5. The highest BCUT2D eigenvalue weighted by Gasteiger charge is 2.29. The zero-order chi connectivity index (χ0) is 19.0. The first-order valence-corrected chi connectivity index (χ1v) is 8.13. The highest BCUT2D eigenvalue weighted by atomic mass is 19.4. The van der Waals surface area contributed by atoms with Crippen molar-refractivity contribution in [3.8, 4) is 0 Å². The van der Waals surface area contributed by atoms with Gasteiger partial charge in [-0.1, -0.05) is 36.4 Å². The monoisotopic (exact) mass is 366 g/mol. The van der Waals surface area contributed by atoms with E-state index in [-0.39, 0.29) is 6.03 Å². The number of halogens is 3. The van der Waals surface area contributed by atoms with Crippen molar-refractivity contribution in [3.63, 3.8) is 0 Å². The summed E-state index contributed by atoms with van der Waals surface area (Å²) in [4.78, 5) is 11.9. The highest BCUT2D eigenvalue weighted by molar-refractivity contribution is 5.73. The lowest BCUT2D eigenvalue weighted by molar-refractivity contribution is -0.137. The van der Waals surface area contributed by atoms with E-state index in [1.165, 1.54) is 12.1 Å². The van der Waals surface area contributed by atoms with E-state index in [2.05, 4.69) is 10.6 Å². The molecule has 0 heterocycles. The summed E-state index contributed by atoms with van der Waals surface area (Å²) in [6, 6.07) is 12.2. The summed E-state index contributed by atoms with van der Waals surface area (Å²) < 4.78 is 42.6. The fraction of sp³-hybridized carbons (Fsp3) is 0.316. The largest absolute Gasteiger partial charge is 0.416 e. The smallest absolute Gasteiger partial charge is 0.380 e. The lowest BCUT2D eigenvalue weighted by Crippen LogP contribution is -2.36. The molecule has 4 nitrogen and oxygen atoms in total. The summed E-state index contributed by atoms with van der Waals surface area (Å²) in [5.74, 6) is 0. The van der Waals surface area contributed by atoms with Crippen LogP contribution in [0.15, 0.2) is 48.5 Å². The topological polar surface area (TPSA) is 50.4 Å². The Morgan fingerprint density at radius 1 is 1.00 bits per heavy atom. The Balaban J connectivity index is 1.76. The highest BCUT2D eigenvalue weighted by Crippen LogP contribution is 2.29. The van der Waals surface area contributed by atoms with Crippen LogP contribution in [-0.4, -0.2) is 19.7 Å². The molecule has 2 N–H and O–H groups in total. The van der Waals surface area contributed by atoms with E-state index in [4.69, 9.17) is 4.74 Å². The summed E-state index contributed by atoms with van der Waals surface area (Å²) in [7, 11) is 1.61. The van der Waals surface area contributed by atoms with Crippen LogP contribution in [-0.2, 0) is 30.5 Å². The van der Waals surface area contributed by atoms with Gasteiger partial charge in [-0.25, -0.2) is 4.79 Å². The first-order chi connectivity index (χ1) is 12.4. The number of carbonyl (C=O) groups is 1. The molecule has 0 atom stereocenters. The van der Waals surface area contributed by atoms with Gasteiger partial charge in [-0.3, -0.25) is 0 Å². The number of rotatable bonds is 7. The van der Waals surface area contributed by atoms with Crippen molar-refractivity contribution in [2.75, 3.05) is 13.7 Å². The summed E-state index contributed by atoms with van der Waals surface area (Å²) in [6.45, 7) is 1.16. The zero-order valence-corrected chi connectivity index (χ0v) is 14.4. The number of hydrogen-bond acceptors (Lipinski definition) is 2. The van der Waals surface area contributed by atoms with Crippen molar-refractivity contribution in [3.05, 3.63) is 70.8 Å². The normalized spacial score (nSPS) is 11.2. The van der Waals surface area contributed by atoms with Gasteiger partial charge in [0.05, 0.1) is 12.2 Å². The van der Waals surface area contributed by atoms with Crippen LogP contribution in [0.4, 0.5) is 18.0 Å². The molecule has 0 saturated carbocycles. The molecular weight excluding hydrogens is 345 g/mol. The van der Waals surface area contributed by atoms with Crippen LogP contribution >= 0.6 is 0 Å². The average molecular weight is 366 g/mol. The summed E-state index contributed by atoms with van der Waals surface area (Å²) >= 11 is 0. The van der Waals surface area contributed by atoms with Crippen LogP contribution < -0.4 is 10.6 Å².